The lowest BCUT2D eigenvalue weighted by molar-refractivity contribution is 0.950. The predicted molar refractivity (Wildman–Crippen MR) is 123 cm³/mol. The second-order valence-electron chi connectivity index (χ2n) is 8.10. The number of benzene rings is 3. The summed E-state index contributed by atoms with van der Waals surface area (Å²) in [6.45, 7) is 2.14. The molecule has 29 heavy (non-hydrogen) atoms. The molecule has 0 radical (unpaired) electrons. The molecular weight excluding hydrogens is 352 g/mol. The SMILES string of the molecule is Cc1ccc(N(C2=CC3CC3C=C2)c2ccc(N(C)c3ccccc3)cc2)cc1. The van der Waals surface area contributed by atoms with Crippen molar-refractivity contribution in [3.05, 3.63) is 108 Å². The van der Waals surface area contributed by atoms with Crippen LogP contribution >= 0.6 is 0 Å². The van der Waals surface area contributed by atoms with Crippen LogP contribution in [0, 0.1) is 18.8 Å². The molecule has 2 aliphatic rings. The minimum atomic E-state index is 0.714. The number of hydrogen-bond donors (Lipinski definition) is 0. The van der Waals surface area contributed by atoms with Gasteiger partial charge in [0.2, 0.25) is 0 Å². The zero-order chi connectivity index (χ0) is 19.8. The average molecular weight is 379 g/mol. The van der Waals surface area contributed by atoms with Gasteiger partial charge in [0, 0.05) is 35.5 Å². The van der Waals surface area contributed by atoms with E-state index in [1.54, 1.807) is 0 Å². The van der Waals surface area contributed by atoms with Crippen molar-refractivity contribution in [1.29, 1.82) is 0 Å². The molecule has 1 saturated carbocycles. The van der Waals surface area contributed by atoms with E-state index in [2.05, 4.69) is 121 Å². The van der Waals surface area contributed by atoms with Gasteiger partial charge in [0.05, 0.1) is 0 Å². The highest BCUT2D eigenvalue weighted by molar-refractivity contribution is 5.73. The quantitative estimate of drug-likeness (QED) is 0.472. The third-order valence-corrected chi connectivity index (χ3v) is 5.98. The van der Waals surface area contributed by atoms with Crippen LogP contribution in [0.4, 0.5) is 22.7 Å². The molecule has 2 heteroatoms. The van der Waals surface area contributed by atoms with Crippen LogP contribution in [-0.4, -0.2) is 7.05 Å². The lowest BCUT2D eigenvalue weighted by Gasteiger charge is -2.28. The molecule has 0 spiro atoms. The standard InChI is InChI=1S/C27H26N2/c1-20-8-11-25(12-9-20)29(27-13-10-21-18-22(21)19-27)26-16-14-24(15-17-26)28(2)23-6-4-3-5-7-23/h3-17,19,21-22H,18H2,1-2H3. The summed E-state index contributed by atoms with van der Waals surface area (Å²) in [5, 5.41) is 0. The fraction of sp³-hybridized carbons (Fsp3) is 0.185. The molecular formula is C27H26N2. The van der Waals surface area contributed by atoms with Crippen molar-refractivity contribution in [2.24, 2.45) is 11.8 Å². The molecule has 2 nitrogen and oxygen atoms in total. The Balaban J connectivity index is 1.49. The van der Waals surface area contributed by atoms with E-state index in [1.807, 2.05) is 0 Å². The van der Waals surface area contributed by atoms with E-state index < -0.39 is 0 Å². The van der Waals surface area contributed by atoms with Gasteiger partial charge in [-0.05, 0) is 79.8 Å². The average Bonchev–Trinajstić information content (AvgIpc) is 3.55. The monoisotopic (exact) mass is 378 g/mol. The summed E-state index contributed by atoms with van der Waals surface area (Å²) in [5.41, 5.74) is 7.32. The van der Waals surface area contributed by atoms with Crippen molar-refractivity contribution < 1.29 is 0 Å². The van der Waals surface area contributed by atoms with Crippen molar-refractivity contribution in [2.45, 2.75) is 13.3 Å². The Morgan fingerprint density at radius 3 is 1.93 bits per heavy atom. The van der Waals surface area contributed by atoms with Gasteiger partial charge in [0.25, 0.3) is 0 Å². The maximum atomic E-state index is 2.44. The molecule has 3 aromatic carbocycles. The number of anilines is 4. The van der Waals surface area contributed by atoms with Gasteiger partial charge in [-0.25, -0.2) is 0 Å². The fourth-order valence-corrected chi connectivity index (χ4v) is 4.06. The molecule has 0 N–H and O–H groups in total. The molecule has 0 aromatic heterocycles. The topological polar surface area (TPSA) is 6.48 Å². The molecule has 0 aliphatic heterocycles. The largest absolute Gasteiger partial charge is 0.345 e. The third-order valence-electron chi connectivity index (χ3n) is 5.98. The molecule has 5 rings (SSSR count). The summed E-state index contributed by atoms with van der Waals surface area (Å²) in [6, 6.07) is 28.1. The summed E-state index contributed by atoms with van der Waals surface area (Å²) in [5.74, 6) is 1.48. The van der Waals surface area contributed by atoms with E-state index in [1.165, 1.54) is 40.4 Å². The Labute approximate surface area is 173 Å². The Morgan fingerprint density at radius 1 is 0.690 bits per heavy atom. The van der Waals surface area contributed by atoms with E-state index in [0.29, 0.717) is 5.92 Å². The molecule has 0 bridgehead atoms. The number of fused-ring (bicyclic) bond motifs is 1. The van der Waals surface area contributed by atoms with Crippen LogP contribution in [0.15, 0.2) is 103 Å². The van der Waals surface area contributed by atoms with Crippen molar-refractivity contribution in [2.75, 3.05) is 16.8 Å². The van der Waals surface area contributed by atoms with Gasteiger partial charge in [0.1, 0.15) is 0 Å². The number of allylic oxidation sites excluding steroid dienone is 3. The Hall–Kier alpha value is -3.26. The molecule has 2 unspecified atom stereocenters. The highest BCUT2D eigenvalue weighted by atomic mass is 15.2. The molecule has 0 saturated heterocycles. The zero-order valence-corrected chi connectivity index (χ0v) is 17.0. The summed E-state index contributed by atoms with van der Waals surface area (Å²) < 4.78 is 0. The van der Waals surface area contributed by atoms with Crippen LogP contribution in [0.1, 0.15) is 12.0 Å². The van der Waals surface area contributed by atoms with Crippen molar-refractivity contribution in [3.63, 3.8) is 0 Å². The van der Waals surface area contributed by atoms with E-state index in [4.69, 9.17) is 0 Å². The highest BCUT2D eigenvalue weighted by Crippen LogP contribution is 2.46. The number of para-hydroxylation sites is 1. The van der Waals surface area contributed by atoms with E-state index in [0.717, 1.165) is 5.92 Å². The van der Waals surface area contributed by atoms with Crippen molar-refractivity contribution in [1.82, 2.24) is 0 Å². The number of hydrogen-bond acceptors (Lipinski definition) is 2. The second kappa shape index (κ2) is 7.29. The first-order valence-corrected chi connectivity index (χ1v) is 10.3. The van der Waals surface area contributed by atoms with E-state index in [-0.39, 0.29) is 0 Å². The van der Waals surface area contributed by atoms with Crippen LogP contribution in [0.2, 0.25) is 0 Å². The maximum Gasteiger partial charge on any atom is 0.0462 e. The first kappa shape index (κ1) is 17.8. The molecule has 0 heterocycles. The number of nitrogens with zero attached hydrogens (tertiary/aromatic N) is 2. The Kier molecular flexibility index (Phi) is 4.48. The second-order valence-corrected chi connectivity index (χ2v) is 8.10. The first-order valence-electron chi connectivity index (χ1n) is 10.3. The maximum absolute atomic E-state index is 2.44. The smallest absolute Gasteiger partial charge is 0.0462 e. The van der Waals surface area contributed by atoms with Gasteiger partial charge in [-0.1, -0.05) is 48.0 Å². The molecule has 2 aliphatic carbocycles. The molecule has 1 fully saturated rings. The lowest BCUT2D eigenvalue weighted by Crippen LogP contribution is -2.17. The van der Waals surface area contributed by atoms with Gasteiger partial charge >= 0.3 is 0 Å². The Bertz CT molecular complexity index is 1050. The predicted octanol–water partition coefficient (Wildman–Crippen LogP) is 6.99. The fourth-order valence-electron chi connectivity index (χ4n) is 4.06. The lowest BCUT2D eigenvalue weighted by atomic mass is 10.1. The van der Waals surface area contributed by atoms with Gasteiger partial charge in [0.15, 0.2) is 0 Å². The van der Waals surface area contributed by atoms with Crippen LogP contribution in [0.3, 0.4) is 0 Å². The van der Waals surface area contributed by atoms with E-state index >= 15 is 0 Å². The summed E-state index contributed by atoms with van der Waals surface area (Å²) >= 11 is 0. The van der Waals surface area contributed by atoms with Crippen LogP contribution in [0.5, 0.6) is 0 Å². The normalized spacial score (nSPS) is 19.3. The summed E-state index contributed by atoms with van der Waals surface area (Å²) in [7, 11) is 2.11. The van der Waals surface area contributed by atoms with Gasteiger partial charge < -0.3 is 9.80 Å². The molecule has 3 aromatic rings. The van der Waals surface area contributed by atoms with Crippen molar-refractivity contribution >= 4 is 22.7 Å². The minimum absolute atomic E-state index is 0.714. The molecule has 144 valence electrons. The molecule has 0 amide bonds. The van der Waals surface area contributed by atoms with Crippen LogP contribution in [-0.2, 0) is 0 Å². The zero-order valence-electron chi connectivity index (χ0n) is 17.0. The van der Waals surface area contributed by atoms with Crippen LogP contribution < -0.4 is 9.80 Å². The number of aryl methyl sites for hydroxylation is 1. The highest BCUT2D eigenvalue weighted by Gasteiger charge is 2.36. The first-order chi connectivity index (χ1) is 14.2. The minimum Gasteiger partial charge on any atom is -0.345 e. The summed E-state index contributed by atoms with van der Waals surface area (Å²) in [4.78, 5) is 4.59. The van der Waals surface area contributed by atoms with Gasteiger partial charge in [-0.3, -0.25) is 0 Å². The van der Waals surface area contributed by atoms with Crippen molar-refractivity contribution in [3.8, 4) is 0 Å². The van der Waals surface area contributed by atoms with Gasteiger partial charge in [-0.2, -0.15) is 0 Å². The van der Waals surface area contributed by atoms with Crippen LogP contribution in [0.25, 0.3) is 0 Å². The summed E-state index contributed by atoms with van der Waals surface area (Å²) in [6.07, 6.45) is 8.40. The van der Waals surface area contributed by atoms with E-state index in [9.17, 15) is 0 Å². The Morgan fingerprint density at radius 2 is 1.28 bits per heavy atom. The molecule has 2 atom stereocenters. The number of rotatable bonds is 5. The van der Waals surface area contributed by atoms with Gasteiger partial charge in [-0.15, -0.1) is 0 Å². The third kappa shape index (κ3) is 3.58.